The molecule has 0 saturated carbocycles. The Kier molecular flexibility index (Phi) is 8.37. The van der Waals surface area contributed by atoms with Gasteiger partial charge >= 0.3 is 0 Å². The van der Waals surface area contributed by atoms with E-state index in [1.807, 2.05) is 36.4 Å². The van der Waals surface area contributed by atoms with Crippen LogP contribution in [-0.2, 0) is 3.63 Å². The highest BCUT2D eigenvalue weighted by atomic mass is 35.5. The van der Waals surface area contributed by atoms with E-state index in [2.05, 4.69) is 13.2 Å². The first-order valence-electron chi connectivity index (χ1n) is 10.3. The normalized spacial score (nSPS) is 10.9. The first kappa shape index (κ1) is 25.5. The summed E-state index contributed by atoms with van der Waals surface area (Å²) in [6, 6.07) is 23.7. The number of hydrogen-bond donors (Lipinski definition) is 0. The van der Waals surface area contributed by atoms with Crippen molar-refractivity contribution in [3.8, 4) is 22.3 Å². The summed E-state index contributed by atoms with van der Waals surface area (Å²) in [5, 5.41) is 0.815. The molecule has 0 aromatic heterocycles. The molecule has 4 aromatic rings. The molecule has 0 aliphatic carbocycles. The summed E-state index contributed by atoms with van der Waals surface area (Å²) in [6.07, 6.45) is 0. The molecule has 0 aliphatic heterocycles. The third-order valence-electron chi connectivity index (χ3n) is 5.14. The molecule has 176 valence electrons. The molecule has 0 atom stereocenters. The Morgan fingerprint density at radius 3 is 1.31 bits per heavy atom. The Bertz CT molecular complexity index is 1280. The van der Waals surface area contributed by atoms with Gasteiger partial charge in [-0.1, -0.05) is 72.8 Å². The summed E-state index contributed by atoms with van der Waals surface area (Å²) < 4.78 is 32.9. The van der Waals surface area contributed by atoms with Crippen molar-refractivity contribution >= 4 is 57.4 Å². The highest BCUT2D eigenvalue weighted by molar-refractivity contribution is 8.08. The van der Waals surface area contributed by atoms with E-state index in [0.29, 0.717) is 10.1 Å². The maximum atomic E-state index is 13.5. The number of halogens is 4. The molecule has 0 heterocycles. The molecule has 0 unspecified atom stereocenters. The molecule has 0 radical (unpaired) electrons. The van der Waals surface area contributed by atoms with E-state index in [0.717, 1.165) is 43.2 Å². The Morgan fingerprint density at radius 1 is 0.600 bits per heavy atom. The third kappa shape index (κ3) is 6.37. The quantitative estimate of drug-likeness (QED) is 0.205. The molecule has 0 spiro atoms. The lowest BCUT2D eigenvalue weighted by Gasteiger charge is -2.13. The lowest BCUT2D eigenvalue weighted by atomic mass is 10.0. The first-order chi connectivity index (χ1) is 16.8. The first-order valence-corrected chi connectivity index (χ1v) is 12.6. The molecular formula is C28H18Cl2F2OS2. The Balaban J connectivity index is 1.61. The van der Waals surface area contributed by atoms with Gasteiger partial charge in [-0.05, 0) is 81.9 Å². The summed E-state index contributed by atoms with van der Waals surface area (Å²) in [4.78, 5) is 1.64. The van der Waals surface area contributed by atoms with Crippen molar-refractivity contribution in [2.75, 3.05) is 0 Å². The minimum absolute atomic E-state index is 0.316. The van der Waals surface area contributed by atoms with Gasteiger partial charge in [0.2, 0.25) is 0 Å². The molecule has 4 rings (SSSR count). The van der Waals surface area contributed by atoms with Gasteiger partial charge in [-0.2, -0.15) is 0 Å². The Morgan fingerprint density at radius 2 is 0.971 bits per heavy atom. The van der Waals surface area contributed by atoms with Gasteiger partial charge in [-0.15, -0.1) is 0 Å². The number of benzene rings is 4. The number of hydrogen-bond acceptors (Lipinski definition) is 3. The fraction of sp³-hybridized carbons (Fsp3) is 0. The molecular weight excluding hydrogens is 525 g/mol. The fourth-order valence-electron chi connectivity index (χ4n) is 3.34. The van der Waals surface area contributed by atoms with Crippen LogP contribution in [0.15, 0.2) is 108 Å². The molecule has 0 N–H and O–H groups in total. The molecule has 0 saturated heterocycles. The lowest BCUT2D eigenvalue weighted by molar-refractivity contribution is 0.627. The summed E-state index contributed by atoms with van der Waals surface area (Å²) in [7, 11) is 0. The van der Waals surface area contributed by atoms with E-state index < -0.39 is 0 Å². The monoisotopic (exact) mass is 542 g/mol. The van der Waals surface area contributed by atoms with Crippen molar-refractivity contribution in [3.63, 3.8) is 0 Å². The van der Waals surface area contributed by atoms with Crippen LogP contribution in [0.25, 0.3) is 32.3 Å². The Labute approximate surface area is 221 Å². The number of rotatable bonds is 8. The van der Waals surface area contributed by atoms with Gasteiger partial charge in [0.15, 0.2) is 0 Å². The summed E-state index contributed by atoms with van der Waals surface area (Å²) in [5.74, 6) is -0.631. The zero-order valence-corrected chi connectivity index (χ0v) is 21.4. The highest BCUT2D eigenvalue weighted by Crippen LogP contribution is 2.41. The highest BCUT2D eigenvalue weighted by Gasteiger charge is 2.13. The molecule has 4 aromatic carbocycles. The zero-order chi connectivity index (χ0) is 24.9. The predicted molar refractivity (Wildman–Crippen MR) is 146 cm³/mol. The van der Waals surface area contributed by atoms with Gasteiger partial charge in [0.25, 0.3) is 0 Å². The second kappa shape index (κ2) is 11.5. The standard InChI is InChI=1S/C28H18Cl2F2OS2/c1-17(29)21-7-13-27(25(15-21)19-3-9-23(31)10-4-19)34-33-35-28-14-8-22(18(2)30)16-26(28)20-5-11-24(32)12-6-20/h3-16H,1-2H2. The summed E-state index contributed by atoms with van der Waals surface area (Å²) in [5.41, 5.74) is 4.83. The van der Waals surface area contributed by atoms with Crippen LogP contribution in [0.5, 0.6) is 0 Å². The largest absolute Gasteiger partial charge is 0.237 e. The van der Waals surface area contributed by atoms with E-state index in [9.17, 15) is 8.78 Å². The molecule has 0 fully saturated rings. The van der Waals surface area contributed by atoms with Gasteiger partial charge < -0.3 is 0 Å². The average molecular weight is 543 g/mol. The maximum absolute atomic E-state index is 13.5. The molecule has 7 heteroatoms. The summed E-state index contributed by atoms with van der Waals surface area (Å²) >= 11 is 14.6. The maximum Gasteiger partial charge on any atom is 0.123 e. The van der Waals surface area contributed by atoms with E-state index in [1.54, 1.807) is 24.3 Å². The van der Waals surface area contributed by atoms with Gasteiger partial charge in [-0.25, -0.2) is 12.4 Å². The van der Waals surface area contributed by atoms with Crippen LogP contribution in [0, 0.1) is 11.6 Å². The van der Waals surface area contributed by atoms with Crippen LogP contribution >= 0.6 is 47.3 Å². The van der Waals surface area contributed by atoms with Crippen molar-refractivity contribution in [1.82, 2.24) is 0 Å². The minimum atomic E-state index is -0.316. The van der Waals surface area contributed by atoms with Crippen LogP contribution < -0.4 is 0 Å². The fourth-order valence-corrected chi connectivity index (χ4v) is 5.08. The third-order valence-corrected chi connectivity index (χ3v) is 7.20. The van der Waals surface area contributed by atoms with Gasteiger partial charge in [-0.3, -0.25) is 0 Å². The van der Waals surface area contributed by atoms with Crippen LogP contribution in [-0.4, -0.2) is 0 Å². The SMILES string of the molecule is C=C(Cl)c1ccc(SOSc2ccc(C(=C)Cl)cc2-c2ccc(F)cc2)c(-c2ccc(F)cc2)c1. The smallest absolute Gasteiger partial charge is 0.123 e. The predicted octanol–water partition coefficient (Wildman–Crippen LogP) is 10.4. The molecule has 0 aliphatic rings. The Hall–Kier alpha value is -2.54. The van der Waals surface area contributed by atoms with Crippen molar-refractivity contribution in [3.05, 3.63) is 121 Å². The summed E-state index contributed by atoms with van der Waals surface area (Å²) in [6.45, 7) is 7.59. The molecule has 35 heavy (non-hydrogen) atoms. The van der Waals surface area contributed by atoms with Gasteiger partial charge in [0.05, 0.1) is 0 Å². The minimum Gasteiger partial charge on any atom is -0.237 e. The zero-order valence-electron chi connectivity index (χ0n) is 18.2. The molecule has 1 nitrogen and oxygen atoms in total. The molecule has 0 bridgehead atoms. The molecule has 0 amide bonds. The second-order valence-corrected chi connectivity index (χ2v) is 10.1. The van der Waals surface area contributed by atoms with Crippen molar-refractivity contribution in [2.24, 2.45) is 0 Å². The average Bonchev–Trinajstić information content (AvgIpc) is 2.85. The van der Waals surface area contributed by atoms with Crippen LogP contribution in [0.3, 0.4) is 0 Å². The van der Waals surface area contributed by atoms with Crippen molar-refractivity contribution in [2.45, 2.75) is 9.79 Å². The lowest BCUT2D eigenvalue weighted by Crippen LogP contribution is -1.88. The van der Waals surface area contributed by atoms with E-state index in [-0.39, 0.29) is 11.6 Å². The van der Waals surface area contributed by atoms with Crippen LogP contribution in [0.4, 0.5) is 8.78 Å². The van der Waals surface area contributed by atoms with Gasteiger partial charge in [0.1, 0.15) is 11.6 Å². The van der Waals surface area contributed by atoms with Crippen LogP contribution in [0.1, 0.15) is 11.1 Å². The van der Waals surface area contributed by atoms with Crippen molar-refractivity contribution < 1.29 is 12.4 Å². The van der Waals surface area contributed by atoms with E-state index in [1.165, 1.54) is 48.4 Å². The van der Waals surface area contributed by atoms with Gasteiger partial charge in [0, 0.05) is 43.9 Å². The van der Waals surface area contributed by atoms with Crippen molar-refractivity contribution in [1.29, 1.82) is 0 Å². The van der Waals surface area contributed by atoms with E-state index in [4.69, 9.17) is 26.8 Å². The topological polar surface area (TPSA) is 9.23 Å². The van der Waals surface area contributed by atoms with E-state index >= 15 is 0 Å². The van der Waals surface area contributed by atoms with Crippen LogP contribution in [0.2, 0.25) is 0 Å². The second-order valence-electron chi connectivity index (χ2n) is 7.48.